The number of piperidine rings is 1. The number of pyridine rings is 1. The van der Waals surface area contributed by atoms with Gasteiger partial charge in [0.2, 0.25) is 0 Å². The molecule has 9 heteroatoms. The summed E-state index contributed by atoms with van der Waals surface area (Å²) in [7, 11) is 1.68. The first kappa shape index (κ1) is 20.2. The van der Waals surface area contributed by atoms with E-state index >= 15 is 0 Å². The Balaban J connectivity index is 1.55. The second-order valence-corrected chi connectivity index (χ2v) is 7.68. The van der Waals surface area contributed by atoms with E-state index < -0.39 is 0 Å². The third-order valence-corrected chi connectivity index (χ3v) is 5.85. The molecule has 0 bridgehead atoms. The molecule has 1 aliphatic rings. The monoisotopic (exact) mass is 411 g/mol. The van der Waals surface area contributed by atoms with Gasteiger partial charge in [-0.05, 0) is 45.2 Å². The fourth-order valence-corrected chi connectivity index (χ4v) is 4.01. The zero-order chi connectivity index (χ0) is 21.1. The highest BCUT2D eigenvalue weighted by molar-refractivity contribution is 5.96. The number of amides is 1. The van der Waals surface area contributed by atoms with E-state index in [0.717, 1.165) is 24.8 Å². The van der Waals surface area contributed by atoms with E-state index in [1.165, 1.54) is 0 Å². The lowest BCUT2D eigenvalue weighted by molar-refractivity contribution is 0.0614. The third-order valence-electron chi connectivity index (χ3n) is 5.85. The van der Waals surface area contributed by atoms with Crippen LogP contribution in [0.3, 0.4) is 0 Å². The molecule has 1 fully saturated rings. The van der Waals surface area contributed by atoms with Gasteiger partial charge >= 0.3 is 0 Å². The van der Waals surface area contributed by atoms with Crippen LogP contribution in [0.5, 0.6) is 0 Å². The maximum Gasteiger partial charge on any atom is 0.259 e. The van der Waals surface area contributed by atoms with Crippen LogP contribution in [0.2, 0.25) is 0 Å². The summed E-state index contributed by atoms with van der Waals surface area (Å²) in [5, 5.41) is 8.20. The van der Waals surface area contributed by atoms with Gasteiger partial charge in [-0.3, -0.25) is 9.78 Å². The van der Waals surface area contributed by atoms with Gasteiger partial charge in [-0.25, -0.2) is 0 Å². The Bertz CT molecular complexity index is 986. The Kier molecular flexibility index (Phi) is 5.63. The molecule has 3 aromatic rings. The van der Waals surface area contributed by atoms with Gasteiger partial charge < -0.3 is 18.7 Å². The van der Waals surface area contributed by atoms with Crippen molar-refractivity contribution in [3.8, 4) is 11.5 Å². The second-order valence-electron chi connectivity index (χ2n) is 7.68. The zero-order valence-electron chi connectivity index (χ0n) is 17.4. The van der Waals surface area contributed by atoms with Gasteiger partial charge in [0, 0.05) is 44.6 Å². The van der Waals surface area contributed by atoms with Gasteiger partial charge in [0.1, 0.15) is 11.3 Å². The first-order valence-electron chi connectivity index (χ1n) is 10.00. The number of carbonyl (C=O) groups is 1. The molecule has 1 amide bonds. The number of hydrogen-bond acceptors (Lipinski definition) is 8. The molecule has 0 aliphatic carbocycles. The van der Waals surface area contributed by atoms with Crippen molar-refractivity contribution in [2.24, 2.45) is 0 Å². The molecule has 9 nitrogen and oxygen atoms in total. The molecule has 0 spiro atoms. The van der Waals surface area contributed by atoms with Crippen LogP contribution in [0, 0.1) is 13.8 Å². The molecule has 1 saturated heterocycles. The standard InChI is InChI=1S/C21H25N5O4/c1-14-17(15(2)29-24-14)19(27)26-10-6-21(7-11-26,8-12-28-3)20-23-18(30-25-20)16-5-4-9-22-13-16/h4-5,9,13H,6-8,10-12H2,1-3H3. The van der Waals surface area contributed by atoms with Gasteiger partial charge in [0.25, 0.3) is 11.8 Å². The zero-order valence-corrected chi connectivity index (χ0v) is 17.4. The number of carbonyl (C=O) groups excluding carboxylic acids is 1. The number of likely N-dealkylation sites (tertiary alicyclic amines) is 1. The topological polar surface area (TPSA) is 107 Å². The first-order chi connectivity index (χ1) is 14.5. The van der Waals surface area contributed by atoms with E-state index in [9.17, 15) is 4.79 Å². The normalized spacial score (nSPS) is 16.0. The number of hydrogen-bond donors (Lipinski definition) is 0. The summed E-state index contributed by atoms with van der Waals surface area (Å²) in [5.74, 6) is 1.61. The molecule has 0 radical (unpaired) electrons. The van der Waals surface area contributed by atoms with Crippen LogP contribution in [0.4, 0.5) is 0 Å². The molecule has 158 valence electrons. The van der Waals surface area contributed by atoms with Crippen molar-refractivity contribution < 1.29 is 18.6 Å². The van der Waals surface area contributed by atoms with Crippen molar-refractivity contribution in [1.82, 2.24) is 25.2 Å². The van der Waals surface area contributed by atoms with E-state index in [1.54, 1.807) is 33.4 Å². The number of nitrogens with zero attached hydrogens (tertiary/aromatic N) is 5. The van der Waals surface area contributed by atoms with Crippen LogP contribution >= 0.6 is 0 Å². The molecule has 0 saturated carbocycles. The largest absolute Gasteiger partial charge is 0.385 e. The minimum Gasteiger partial charge on any atom is -0.385 e. The van der Waals surface area contributed by atoms with Crippen LogP contribution in [-0.4, -0.2) is 57.9 Å². The van der Waals surface area contributed by atoms with E-state index in [4.69, 9.17) is 13.8 Å². The van der Waals surface area contributed by atoms with E-state index in [0.29, 0.717) is 48.4 Å². The second kappa shape index (κ2) is 8.35. The highest BCUT2D eigenvalue weighted by atomic mass is 16.5. The molecule has 0 atom stereocenters. The molecular formula is C21H25N5O4. The van der Waals surface area contributed by atoms with Crippen molar-refractivity contribution >= 4 is 5.91 Å². The van der Waals surface area contributed by atoms with Crippen molar-refractivity contribution in [2.75, 3.05) is 26.8 Å². The molecule has 1 aliphatic heterocycles. The van der Waals surface area contributed by atoms with Gasteiger partial charge in [-0.15, -0.1) is 0 Å². The Hall–Kier alpha value is -3.07. The molecule has 0 N–H and O–H groups in total. The van der Waals surface area contributed by atoms with Gasteiger partial charge in [-0.2, -0.15) is 4.98 Å². The maximum atomic E-state index is 13.0. The summed E-state index contributed by atoms with van der Waals surface area (Å²) in [4.78, 5) is 23.6. The highest BCUT2D eigenvalue weighted by Crippen LogP contribution is 2.38. The quantitative estimate of drug-likeness (QED) is 0.609. The van der Waals surface area contributed by atoms with Gasteiger partial charge in [0.15, 0.2) is 5.82 Å². The van der Waals surface area contributed by atoms with E-state index in [-0.39, 0.29) is 11.3 Å². The SMILES string of the molecule is COCCC1(c2noc(-c3cccnc3)n2)CCN(C(=O)c2c(C)noc2C)CC1. The first-order valence-corrected chi connectivity index (χ1v) is 10.00. The number of ether oxygens (including phenoxy) is 1. The van der Waals surface area contributed by atoms with E-state index in [2.05, 4.69) is 20.3 Å². The van der Waals surface area contributed by atoms with Crippen LogP contribution in [0.1, 0.15) is 46.9 Å². The molecule has 4 rings (SSSR count). The van der Waals surface area contributed by atoms with E-state index in [1.807, 2.05) is 17.0 Å². The lowest BCUT2D eigenvalue weighted by Gasteiger charge is -2.39. The number of methoxy groups -OCH3 is 1. The van der Waals surface area contributed by atoms with Crippen LogP contribution in [0.15, 0.2) is 33.6 Å². The van der Waals surface area contributed by atoms with Gasteiger partial charge in [-0.1, -0.05) is 10.3 Å². The average molecular weight is 411 g/mol. The predicted octanol–water partition coefficient (Wildman–Crippen LogP) is 2.95. The minimum atomic E-state index is -0.310. The maximum absolute atomic E-state index is 13.0. The summed E-state index contributed by atoms with van der Waals surface area (Å²) >= 11 is 0. The Morgan fingerprint density at radius 3 is 2.67 bits per heavy atom. The molecule has 30 heavy (non-hydrogen) atoms. The Morgan fingerprint density at radius 2 is 2.03 bits per heavy atom. The highest BCUT2D eigenvalue weighted by Gasteiger charge is 2.41. The summed E-state index contributed by atoms with van der Waals surface area (Å²) in [6.07, 6.45) is 5.59. The van der Waals surface area contributed by atoms with Crippen molar-refractivity contribution in [2.45, 2.75) is 38.5 Å². The Labute approximate surface area is 174 Å². The van der Waals surface area contributed by atoms with Crippen molar-refractivity contribution in [1.29, 1.82) is 0 Å². The number of aromatic nitrogens is 4. The summed E-state index contributed by atoms with van der Waals surface area (Å²) in [6.45, 7) is 5.30. The van der Waals surface area contributed by atoms with Crippen LogP contribution < -0.4 is 0 Å². The fourth-order valence-electron chi connectivity index (χ4n) is 4.01. The van der Waals surface area contributed by atoms with Crippen molar-refractivity contribution in [3.63, 3.8) is 0 Å². The van der Waals surface area contributed by atoms with Crippen LogP contribution in [-0.2, 0) is 10.2 Å². The molecular weight excluding hydrogens is 386 g/mol. The molecule has 3 aromatic heterocycles. The number of aryl methyl sites for hydroxylation is 2. The predicted molar refractivity (Wildman–Crippen MR) is 107 cm³/mol. The number of rotatable bonds is 6. The molecule has 0 unspecified atom stereocenters. The lowest BCUT2D eigenvalue weighted by Crippen LogP contribution is -2.46. The van der Waals surface area contributed by atoms with Crippen LogP contribution in [0.25, 0.3) is 11.5 Å². The summed E-state index contributed by atoms with van der Waals surface area (Å²) in [6, 6.07) is 3.72. The van der Waals surface area contributed by atoms with Gasteiger partial charge in [0.05, 0.1) is 11.3 Å². The lowest BCUT2D eigenvalue weighted by atomic mass is 9.75. The average Bonchev–Trinajstić information content (AvgIpc) is 3.40. The molecule has 0 aromatic carbocycles. The minimum absolute atomic E-state index is 0.0456. The Morgan fingerprint density at radius 1 is 1.23 bits per heavy atom. The van der Waals surface area contributed by atoms with Crippen molar-refractivity contribution in [3.05, 3.63) is 47.4 Å². The third kappa shape index (κ3) is 3.72. The molecule has 4 heterocycles. The fraction of sp³-hybridized carbons (Fsp3) is 0.476. The smallest absolute Gasteiger partial charge is 0.259 e. The summed E-state index contributed by atoms with van der Waals surface area (Å²) in [5.41, 5.74) is 1.64. The summed E-state index contributed by atoms with van der Waals surface area (Å²) < 4.78 is 16.0.